The summed E-state index contributed by atoms with van der Waals surface area (Å²) >= 11 is 0. The van der Waals surface area contributed by atoms with Gasteiger partial charge in [-0.05, 0) is 36.5 Å². The fraction of sp³-hybridized carbons (Fsp3) is 0.625. The molecule has 2 rings (SSSR count). The maximum Gasteiger partial charge on any atom is 0.165 e. The monoisotopic (exact) mass is 281 g/mol. The molecule has 0 radical (unpaired) electrons. The molecule has 0 aliphatic heterocycles. The molecule has 4 heteroatoms. The second kappa shape index (κ2) is 6.10. The van der Waals surface area contributed by atoms with Crippen LogP contribution in [0, 0.1) is 11.7 Å². The lowest BCUT2D eigenvalue weighted by Crippen LogP contribution is -2.46. The molecule has 20 heavy (non-hydrogen) atoms. The summed E-state index contributed by atoms with van der Waals surface area (Å²) in [5.41, 5.74) is 6.78. The van der Waals surface area contributed by atoms with Crippen molar-refractivity contribution in [2.45, 2.75) is 44.2 Å². The molecule has 3 unspecified atom stereocenters. The minimum atomic E-state index is -0.390. The average molecular weight is 281 g/mol. The van der Waals surface area contributed by atoms with Gasteiger partial charge in [-0.2, -0.15) is 0 Å². The number of rotatable bonds is 4. The number of hydrogen-bond donors (Lipinski definition) is 1. The Morgan fingerprint density at radius 1 is 1.40 bits per heavy atom. The molecule has 0 bridgehead atoms. The Morgan fingerprint density at radius 3 is 2.70 bits per heavy atom. The Hall–Kier alpha value is -1.13. The van der Waals surface area contributed by atoms with E-state index in [2.05, 4.69) is 6.92 Å². The van der Waals surface area contributed by atoms with Gasteiger partial charge in [-0.3, -0.25) is 0 Å². The second-order valence-corrected chi connectivity index (χ2v) is 5.84. The third-order valence-electron chi connectivity index (χ3n) is 4.50. The van der Waals surface area contributed by atoms with Crippen LogP contribution in [0.2, 0.25) is 0 Å². The van der Waals surface area contributed by atoms with Gasteiger partial charge >= 0.3 is 0 Å². The lowest BCUT2D eigenvalue weighted by molar-refractivity contribution is -0.0718. The first-order valence-corrected chi connectivity index (χ1v) is 7.16. The maximum absolute atomic E-state index is 13.9. The zero-order valence-corrected chi connectivity index (χ0v) is 12.5. The summed E-state index contributed by atoms with van der Waals surface area (Å²) in [7, 11) is 3.16. The number of benzene rings is 1. The van der Waals surface area contributed by atoms with E-state index in [9.17, 15) is 4.39 Å². The zero-order chi connectivity index (χ0) is 14.8. The van der Waals surface area contributed by atoms with Gasteiger partial charge in [-0.15, -0.1) is 0 Å². The molecular formula is C16H24FNO2. The normalized spacial score (nSPS) is 28.1. The van der Waals surface area contributed by atoms with Gasteiger partial charge in [0.05, 0.1) is 18.8 Å². The number of halogens is 1. The second-order valence-electron chi connectivity index (χ2n) is 5.84. The van der Waals surface area contributed by atoms with Crippen LogP contribution in [0.25, 0.3) is 0 Å². The summed E-state index contributed by atoms with van der Waals surface area (Å²) in [6, 6.07) is 4.59. The molecule has 1 aromatic rings. The van der Waals surface area contributed by atoms with Crippen LogP contribution >= 0.6 is 0 Å². The Labute approximate surface area is 120 Å². The molecule has 0 amide bonds. The molecular weight excluding hydrogens is 257 g/mol. The summed E-state index contributed by atoms with van der Waals surface area (Å²) in [5.74, 6) is 0.442. The first-order valence-electron chi connectivity index (χ1n) is 7.16. The van der Waals surface area contributed by atoms with E-state index in [0.29, 0.717) is 5.92 Å². The highest BCUT2D eigenvalue weighted by Gasteiger charge is 2.41. The molecule has 3 nitrogen and oxygen atoms in total. The van der Waals surface area contributed by atoms with Crippen LogP contribution in [0.4, 0.5) is 4.39 Å². The molecule has 0 heterocycles. The van der Waals surface area contributed by atoms with E-state index in [-0.39, 0.29) is 17.6 Å². The highest BCUT2D eigenvalue weighted by molar-refractivity contribution is 5.32. The lowest BCUT2D eigenvalue weighted by Gasteiger charge is -2.43. The Kier molecular flexibility index (Phi) is 4.66. The average Bonchev–Trinajstić information content (AvgIpc) is 2.46. The Balaban J connectivity index is 2.28. The Morgan fingerprint density at radius 2 is 2.15 bits per heavy atom. The predicted molar refractivity (Wildman–Crippen MR) is 77.3 cm³/mol. The first-order chi connectivity index (χ1) is 9.52. The van der Waals surface area contributed by atoms with Gasteiger partial charge in [0.1, 0.15) is 0 Å². The molecule has 2 N–H and O–H groups in total. The molecule has 3 atom stereocenters. The van der Waals surface area contributed by atoms with Gasteiger partial charge < -0.3 is 15.2 Å². The number of nitrogens with two attached hydrogens (primary N) is 1. The fourth-order valence-electron chi connectivity index (χ4n) is 3.32. The van der Waals surface area contributed by atoms with E-state index in [1.54, 1.807) is 13.2 Å². The predicted octanol–water partition coefficient (Wildman–Crippen LogP) is 3.43. The van der Waals surface area contributed by atoms with Crippen molar-refractivity contribution in [3.05, 3.63) is 29.6 Å². The molecule has 1 aromatic carbocycles. The van der Waals surface area contributed by atoms with Gasteiger partial charge in [0.2, 0.25) is 0 Å². The van der Waals surface area contributed by atoms with Crippen molar-refractivity contribution in [2.75, 3.05) is 14.2 Å². The highest BCUT2D eigenvalue weighted by atomic mass is 19.1. The standard InChI is InChI=1S/C16H24FNO2/c1-11-5-4-8-16(10-11,20-3)15(18)12-6-7-14(19-2)13(17)9-12/h6-7,9,11,15H,4-5,8,10,18H2,1-3H3. The van der Waals surface area contributed by atoms with Crippen LogP contribution in [-0.4, -0.2) is 19.8 Å². The van der Waals surface area contributed by atoms with Crippen molar-refractivity contribution >= 4 is 0 Å². The van der Waals surface area contributed by atoms with E-state index in [1.165, 1.54) is 19.6 Å². The topological polar surface area (TPSA) is 44.5 Å². The molecule has 1 fully saturated rings. The number of methoxy groups -OCH3 is 2. The largest absolute Gasteiger partial charge is 0.494 e. The third-order valence-corrected chi connectivity index (χ3v) is 4.50. The van der Waals surface area contributed by atoms with Crippen LogP contribution in [0.5, 0.6) is 5.75 Å². The van der Waals surface area contributed by atoms with Crippen molar-refractivity contribution in [3.63, 3.8) is 0 Å². The smallest absolute Gasteiger partial charge is 0.165 e. The third kappa shape index (κ3) is 2.81. The summed E-state index contributed by atoms with van der Waals surface area (Å²) in [4.78, 5) is 0. The van der Waals surface area contributed by atoms with E-state index in [1.807, 2.05) is 6.07 Å². The van der Waals surface area contributed by atoms with Crippen LogP contribution < -0.4 is 10.5 Å². The van der Waals surface area contributed by atoms with Crippen LogP contribution in [0.15, 0.2) is 18.2 Å². The minimum Gasteiger partial charge on any atom is -0.494 e. The quantitative estimate of drug-likeness (QED) is 0.919. The van der Waals surface area contributed by atoms with Crippen LogP contribution in [0.1, 0.15) is 44.2 Å². The maximum atomic E-state index is 13.9. The first kappa shape index (κ1) is 15.3. The van der Waals surface area contributed by atoms with Crippen LogP contribution in [-0.2, 0) is 4.74 Å². The van der Waals surface area contributed by atoms with Crippen LogP contribution in [0.3, 0.4) is 0 Å². The lowest BCUT2D eigenvalue weighted by atomic mass is 9.73. The summed E-state index contributed by atoms with van der Waals surface area (Å²) in [6.45, 7) is 2.22. The molecule has 1 saturated carbocycles. The molecule has 1 aliphatic rings. The fourth-order valence-corrected chi connectivity index (χ4v) is 3.32. The van der Waals surface area contributed by atoms with Gasteiger partial charge in [-0.1, -0.05) is 25.8 Å². The number of hydrogen-bond acceptors (Lipinski definition) is 3. The van der Waals surface area contributed by atoms with Gasteiger partial charge in [0.15, 0.2) is 11.6 Å². The summed E-state index contributed by atoms with van der Waals surface area (Å²) in [6.07, 6.45) is 4.14. The van der Waals surface area contributed by atoms with Crippen molar-refractivity contribution in [2.24, 2.45) is 11.7 Å². The summed E-state index contributed by atoms with van der Waals surface area (Å²) in [5, 5.41) is 0. The van der Waals surface area contributed by atoms with Gasteiger partial charge in [0, 0.05) is 7.11 Å². The zero-order valence-electron chi connectivity index (χ0n) is 12.5. The van der Waals surface area contributed by atoms with Gasteiger partial charge in [0.25, 0.3) is 0 Å². The SMILES string of the molecule is COc1ccc(C(N)C2(OC)CCCC(C)C2)cc1F. The minimum absolute atomic E-state index is 0.240. The van der Waals surface area contributed by atoms with E-state index < -0.39 is 5.60 Å². The van der Waals surface area contributed by atoms with E-state index in [0.717, 1.165) is 24.8 Å². The number of ether oxygens (including phenoxy) is 2. The van der Waals surface area contributed by atoms with Crippen molar-refractivity contribution < 1.29 is 13.9 Å². The molecule has 112 valence electrons. The highest BCUT2D eigenvalue weighted by Crippen LogP contribution is 2.42. The van der Waals surface area contributed by atoms with Crippen molar-refractivity contribution in [1.29, 1.82) is 0 Å². The molecule has 0 saturated heterocycles. The molecule has 1 aliphatic carbocycles. The Bertz CT molecular complexity index is 466. The summed E-state index contributed by atoms with van der Waals surface area (Å²) < 4.78 is 24.6. The van der Waals surface area contributed by atoms with E-state index >= 15 is 0 Å². The van der Waals surface area contributed by atoms with Crippen molar-refractivity contribution in [3.8, 4) is 5.75 Å². The van der Waals surface area contributed by atoms with Gasteiger partial charge in [-0.25, -0.2) is 4.39 Å². The van der Waals surface area contributed by atoms with E-state index in [4.69, 9.17) is 15.2 Å². The molecule has 0 aromatic heterocycles. The molecule has 0 spiro atoms. The van der Waals surface area contributed by atoms with Crippen molar-refractivity contribution in [1.82, 2.24) is 0 Å².